The first-order valence-electron chi connectivity index (χ1n) is 6.70. The Morgan fingerprint density at radius 2 is 2.00 bits per heavy atom. The Kier molecular flexibility index (Phi) is 6.57. The molecule has 104 valence electrons. The highest BCUT2D eigenvalue weighted by atomic mass is 16.2. The van der Waals surface area contributed by atoms with Crippen LogP contribution in [-0.2, 0) is 0 Å². The zero-order valence-electron chi connectivity index (χ0n) is 11.7. The Balaban J connectivity index is 2.72. The highest BCUT2D eigenvalue weighted by molar-refractivity contribution is 5.92. The summed E-state index contributed by atoms with van der Waals surface area (Å²) in [5, 5.41) is 11.0. The molecule has 0 bridgehead atoms. The Morgan fingerprint density at radius 3 is 2.47 bits per heavy atom. The number of hydrogen-bond acceptors (Lipinski definition) is 4. The molecule has 0 aromatic carbocycles. The minimum Gasteiger partial charge on any atom is -0.365 e. The largest absolute Gasteiger partial charge is 0.365 e. The molecule has 0 unspecified atom stereocenters. The fourth-order valence-electron chi connectivity index (χ4n) is 1.73. The molecule has 0 fully saturated rings. The Hall–Kier alpha value is -1.91. The van der Waals surface area contributed by atoms with E-state index >= 15 is 0 Å². The van der Waals surface area contributed by atoms with E-state index in [0.717, 1.165) is 25.9 Å². The lowest BCUT2D eigenvalue weighted by atomic mass is 10.3. The van der Waals surface area contributed by atoms with Crippen LogP contribution in [0.25, 0.3) is 0 Å². The number of aromatic nitrogens is 2. The van der Waals surface area contributed by atoms with Gasteiger partial charge in [0.1, 0.15) is 5.82 Å². The van der Waals surface area contributed by atoms with Crippen LogP contribution in [0.2, 0.25) is 0 Å². The second-order valence-corrected chi connectivity index (χ2v) is 4.27. The van der Waals surface area contributed by atoms with Gasteiger partial charge >= 0.3 is 0 Å². The summed E-state index contributed by atoms with van der Waals surface area (Å²) in [5.74, 6) is 0.598. The second-order valence-electron chi connectivity index (χ2n) is 4.27. The molecule has 5 heteroatoms. The van der Waals surface area contributed by atoms with Gasteiger partial charge in [-0.15, -0.1) is 16.8 Å². The summed E-state index contributed by atoms with van der Waals surface area (Å²) >= 11 is 0. The molecule has 1 N–H and O–H groups in total. The third-order valence-corrected chi connectivity index (χ3v) is 2.59. The minimum atomic E-state index is -0.0496. The summed E-state index contributed by atoms with van der Waals surface area (Å²) < 4.78 is 0. The molecule has 5 nitrogen and oxygen atoms in total. The van der Waals surface area contributed by atoms with Gasteiger partial charge in [-0.1, -0.05) is 19.9 Å². The smallest absolute Gasteiger partial charge is 0.274 e. The van der Waals surface area contributed by atoms with Gasteiger partial charge in [-0.3, -0.25) is 4.79 Å². The fourth-order valence-corrected chi connectivity index (χ4v) is 1.73. The first kappa shape index (κ1) is 15.1. The van der Waals surface area contributed by atoms with Gasteiger partial charge in [0.15, 0.2) is 5.69 Å². The number of nitrogens with one attached hydrogen (secondary N) is 1. The monoisotopic (exact) mass is 262 g/mol. The van der Waals surface area contributed by atoms with E-state index in [-0.39, 0.29) is 5.91 Å². The summed E-state index contributed by atoms with van der Waals surface area (Å²) in [6, 6.07) is 3.47. The molecule has 1 rings (SSSR count). The van der Waals surface area contributed by atoms with Crippen molar-refractivity contribution in [1.29, 1.82) is 0 Å². The predicted molar refractivity (Wildman–Crippen MR) is 77.2 cm³/mol. The number of hydrogen-bond donors (Lipinski definition) is 1. The molecule has 1 amide bonds. The molecular weight excluding hydrogens is 240 g/mol. The molecule has 0 radical (unpaired) electrons. The van der Waals surface area contributed by atoms with Crippen LogP contribution in [0.4, 0.5) is 5.82 Å². The van der Waals surface area contributed by atoms with E-state index in [1.807, 2.05) is 4.90 Å². The average molecular weight is 262 g/mol. The molecule has 0 saturated heterocycles. The lowest BCUT2D eigenvalue weighted by molar-refractivity contribution is 0.0748. The number of amides is 1. The van der Waals surface area contributed by atoms with Gasteiger partial charge in [0.05, 0.1) is 0 Å². The molecule has 0 saturated carbocycles. The van der Waals surface area contributed by atoms with Crippen molar-refractivity contribution in [2.75, 3.05) is 25.0 Å². The van der Waals surface area contributed by atoms with E-state index < -0.39 is 0 Å². The summed E-state index contributed by atoms with van der Waals surface area (Å²) in [5.41, 5.74) is 0.394. The molecule has 19 heavy (non-hydrogen) atoms. The van der Waals surface area contributed by atoms with Gasteiger partial charge in [-0.05, 0) is 25.0 Å². The van der Waals surface area contributed by atoms with Crippen molar-refractivity contribution in [2.45, 2.75) is 26.7 Å². The maximum absolute atomic E-state index is 12.2. The molecule has 0 aliphatic carbocycles. The fraction of sp³-hybridized carbons (Fsp3) is 0.500. The van der Waals surface area contributed by atoms with E-state index in [9.17, 15) is 4.79 Å². The highest BCUT2D eigenvalue weighted by Gasteiger charge is 2.15. The van der Waals surface area contributed by atoms with Crippen LogP contribution in [0.3, 0.4) is 0 Å². The van der Waals surface area contributed by atoms with E-state index in [1.165, 1.54) is 0 Å². The van der Waals surface area contributed by atoms with Gasteiger partial charge in [-0.25, -0.2) is 0 Å². The number of nitrogens with zero attached hydrogens (tertiary/aromatic N) is 3. The van der Waals surface area contributed by atoms with Crippen molar-refractivity contribution in [2.24, 2.45) is 0 Å². The quantitative estimate of drug-likeness (QED) is 0.731. The summed E-state index contributed by atoms with van der Waals surface area (Å²) in [4.78, 5) is 14.1. The average Bonchev–Trinajstić information content (AvgIpc) is 2.44. The van der Waals surface area contributed by atoms with Crippen LogP contribution in [0.5, 0.6) is 0 Å². The summed E-state index contributed by atoms with van der Waals surface area (Å²) in [6.07, 6.45) is 3.63. The van der Waals surface area contributed by atoms with Crippen LogP contribution >= 0.6 is 0 Å². The van der Waals surface area contributed by atoms with Crippen LogP contribution in [0, 0.1) is 0 Å². The number of carbonyl (C=O) groups is 1. The SMILES string of the molecule is C=CCNc1ccc(C(=O)N(CCC)CCC)nn1. The molecule has 1 heterocycles. The van der Waals surface area contributed by atoms with Gasteiger partial charge in [-0.2, -0.15) is 0 Å². The van der Waals surface area contributed by atoms with E-state index in [1.54, 1.807) is 18.2 Å². The van der Waals surface area contributed by atoms with Crippen LogP contribution in [0.15, 0.2) is 24.8 Å². The van der Waals surface area contributed by atoms with Crippen LogP contribution < -0.4 is 5.32 Å². The standard InChI is InChI=1S/C14H22N4O/c1-4-9-15-13-8-7-12(16-17-13)14(19)18(10-5-2)11-6-3/h4,7-8H,1,5-6,9-11H2,2-3H3,(H,15,17). The zero-order valence-corrected chi connectivity index (χ0v) is 11.7. The third kappa shape index (κ3) is 4.69. The Bertz CT molecular complexity index is 396. The lowest BCUT2D eigenvalue weighted by Crippen LogP contribution is -2.33. The summed E-state index contributed by atoms with van der Waals surface area (Å²) in [6.45, 7) is 9.87. The van der Waals surface area contributed by atoms with Crippen molar-refractivity contribution >= 4 is 11.7 Å². The van der Waals surface area contributed by atoms with E-state index in [0.29, 0.717) is 18.1 Å². The van der Waals surface area contributed by atoms with Gasteiger partial charge in [0, 0.05) is 19.6 Å². The van der Waals surface area contributed by atoms with Gasteiger partial charge in [0.2, 0.25) is 0 Å². The number of carbonyl (C=O) groups excluding carboxylic acids is 1. The van der Waals surface area contributed by atoms with Crippen molar-refractivity contribution in [3.63, 3.8) is 0 Å². The zero-order chi connectivity index (χ0) is 14.1. The van der Waals surface area contributed by atoms with E-state index in [4.69, 9.17) is 0 Å². The van der Waals surface area contributed by atoms with Crippen LogP contribution in [-0.4, -0.2) is 40.6 Å². The van der Waals surface area contributed by atoms with Crippen LogP contribution in [0.1, 0.15) is 37.2 Å². The highest BCUT2D eigenvalue weighted by Crippen LogP contribution is 2.06. The van der Waals surface area contributed by atoms with Gasteiger partial charge in [0.25, 0.3) is 5.91 Å². The maximum atomic E-state index is 12.2. The number of anilines is 1. The van der Waals surface area contributed by atoms with Crippen molar-refractivity contribution < 1.29 is 4.79 Å². The van der Waals surface area contributed by atoms with Crippen molar-refractivity contribution in [3.8, 4) is 0 Å². The minimum absolute atomic E-state index is 0.0496. The molecular formula is C14H22N4O. The molecule has 1 aromatic heterocycles. The molecule has 0 spiro atoms. The topological polar surface area (TPSA) is 58.1 Å². The Labute approximate surface area is 114 Å². The first-order chi connectivity index (χ1) is 9.22. The molecule has 1 aromatic rings. The molecule has 0 aliphatic rings. The predicted octanol–water partition coefficient (Wildman–Crippen LogP) is 2.34. The van der Waals surface area contributed by atoms with Crippen molar-refractivity contribution in [3.05, 3.63) is 30.5 Å². The first-order valence-corrected chi connectivity index (χ1v) is 6.70. The maximum Gasteiger partial charge on any atom is 0.274 e. The normalized spacial score (nSPS) is 10.0. The number of rotatable bonds is 8. The Morgan fingerprint density at radius 1 is 1.32 bits per heavy atom. The molecule has 0 aliphatic heterocycles. The van der Waals surface area contributed by atoms with E-state index in [2.05, 4.69) is 35.9 Å². The lowest BCUT2D eigenvalue weighted by Gasteiger charge is -2.20. The van der Waals surface area contributed by atoms with Crippen molar-refractivity contribution in [1.82, 2.24) is 15.1 Å². The second kappa shape index (κ2) is 8.24. The third-order valence-electron chi connectivity index (χ3n) is 2.59. The summed E-state index contributed by atoms with van der Waals surface area (Å²) in [7, 11) is 0. The van der Waals surface area contributed by atoms with Gasteiger partial charge < -0.3 is 10.2 Å². The molecule has 0 atom stereocenters.